The number of thiophene rings is 1. The number of alkyl halides is 1. The summed E-state index contributed by atoms with van der Waals surface area (Å²) in [6.07, 6.45) is 6.79. The molecule has 1 heterocycles. The summed E-state index contributed by atoms with van der Waals surface area (Å²) < 4.78 is 4.98. The molecule has 5 rings (SSSR count). The zero-order valence-electron chi connectivity index (χ0n) is 14.4. The Hall–Kier alpha value is -0.880. The Kier molecular flexibility index (Phi) is 4.47. The van der Waals surface area contributed by atoms with Gasteiger partial charge in [-0.05, 0) is 61.8 Å². The molecule has 1 aromatic heterocycles. The minimum absolute atomic E-state index is 0.132. The van der Waals surface area contributed by atoms with Gasteiger partial charge in [0.25, 0.3) is 0 Å². The van der Waals surface area contributed by atoms with Crippen molar-refractivity contribution in [2.45, 2.75) is 55.3 Å². The number of nitrogens with one attached hydrogen (secondary N) is 1. The molecule has 3 unspecified atom stereocenters. The molecule has 136 valence electrons. The standard InChI is InChI=1S/C19H24BrNO3S/c1-24-16(22)6-14(15-3-2-4-25-15)21-17(23)18-7-12-5-13(8-18)10-19(20,9-12)11-18/h2-4,12-14H,5-11H2,1H3,(H,21,23). The summed E-state index contributed by atoms with van der Waals surface area (Å²) in [7, 11) is 1.39. The lowest BCUT2D eigenvalue weighted by atomic mass is 9.49. The second kappa shape index (κ2) is 6.38. The van der Waals surface area contributed by atoms with Gasteiger partial charge in [0, 0.05) is 9.20 Å². The first-order chi connectivity index (χ1) is 11.9. The van der Waals surface area contributed by atoms with Gasteiger partial charge in [-0.1, -0.05) is 22.0 Å². The second-order valence-electron chi connectivity index (χ2n) is 8.21. The molecule has 4 bridgehead atoms. The fourth-order valence-electron chi connectivity index (χ4n) is 5.69. The van der Waals surface area contributed by atoms with Crippen molar-refractivity contribution in [2.75, 3.05) is 7.11 Å². The molecule has 25 heavy (non-hydrogen) atoms. The summed E-state index contributed by atoms with van der Waals surface area (Å²) in [5, 5.41) is 5.18. The normalized spacial score (nSPS) is 36.9. The highest BCUT2D eigenvalue weighted by molar-refractivity contribution is 9.10. The highest BCUT2D eigenvalue weighted by Gasteiger charge is 2.59. The molecule has 6 heteroatoms. The van der Waals surface area contributed by atoms with E-state index in [-0.39, 0.29) is 34.1 Å². The van der Waals surface area contributed by atoms with Crippen molar-refractivity contribution in [3.05, 3.63) is 22.4 Å². The molecule has 0 radical (unpaired) electrons. The van der Waals surface area contributed by atoms with Crippen LogP contribution in [0.5, 0.6) is 0 Å². The van der Waals surface area contributed by atoms with Crippen LogP contribution in [0.15, 0.2) is 17.5 Å². The van der Waals surface area contributed by atoms with Crippen LogP contribution in [-0.4, -0.2) is 23.3 Å². The number of carbonyl (C=O) groups excluding carboxylic acids is 2. The Bertz CT molecular complexity index is 660. The summed E-state index contributed by atoms with van der Waals surface area (Å²) in [5.74, 6) is 1.16. The van der Waals surface area contributed by atoms with Gasteiger partial charge < -0.3 is 10.1 Å². The number of amides is 1. The lowest BCUT2D eigenvalue weighted by molar-refractivity contribution is -0.146. The van der Waals surface area contributed by atoms with Gasteiger partial charge in [0.05, 0.1) is 25.0 Å². The Balaban J connectivity index is 1.54. The largest absolute Gasteiger partial charge is 0.469 e. The van der Waals surface area contributed by atoms with E-state index in [1.54, 1.807) is 11.3 Å². The topological polar surface area (TPSA) is 55.4 Å². The maximum absolute atomic E-state index is 13.3. The van der Waals surface area contributed by atoms with E-state index < -0.39 is 0 Å². The van der Waals surface area contributed by atoms with E-state index in [1.165, 1.54) is 26.4 Å². The van der Waals surface area contributed by atoms with E-state index in [0.29, 0.717) is 11.8 Å². The number of ether oxygens (including phenoxy) is 1. The Labute approximate surface area is 160 Å². The van der Waals surface area contributed by atoms with E-state index in [2.05, 4.69) is 21.2 Å². The van der Waals surface area contributed by atoms with Gasteiger partial charge in [-0.3, -0.25) is 9.59 Å². The lowest BCUT2D eigenvalue weighted by Gasteiger charge is -2.59. The highest BCUT2D eigenvalue weighted by atomic mass is 79.9. The van der Waals surface area contributed by atoms with Crippen LogP contribution >= 0.6 is 27.3 Å². The van der Waals surface area contributed by atoms with E-state index >= 15 is 0 Å². The maximum atomic E-state index is 13.3. The van der Waals surface area contributed by atoms with Crippen LogP contribution in [0.3, 0.4) is 0 Å². The van der Waals surface area contributed by atoms with Crippen molar-refractivity contribution >= 4 is 39.1 Å². The predicted octanol–water partition coefficient (Wildman–Crippen LogP) is 4.20. The number of rotatable bonds is 5. The summed E-state index contributed by atoms with van der Waals surface area (Å²) in [6.45, 7) is 0. The second-order valence-corrected chi connectivity index (χ2v) is 10.9. The number of esters is 1. The van der Waals surface area contributed by atoms with Crippen LogP contribution in [0, 0.1) is 17.3 Å². The van der Waals surface area contributed by atoms with Crippen LogP contribution in [0.4, 0.5) is 0 Å². The Morgan fingerprint density at radius 3 is 2.64 bits per heavy atom. The van der Waals surface area contributed by atoms with Crippen molar-refractivity contribution in [1.29, 1.82) is 0 Å². The molecule has 3 atom stereocenters. The summed E-state index contributed by atoms with van der Waals surface area (Å²) in [6, 6.07) is 3.64. The SMILES string of the molecule is COC(=O)CC(NC(=O)C12CC3CC(CC(Br)(C3)C1)C2)c1cccs1. The van der Waals surface area contributed by atoms with Gasteiger partial charge in [0.2, 0.25) is 5.91 Å². The van der Waals surface area contributed by atoms with E-state index in [1.807, 2.05) is 17.5 Å². The lowest BCUT2D eigenvalue weighted by Crippen LogP contribution is -2.58. The van der Waals surface area contributed by atoms with Crippen LogP contribution in [-0.2, 0) is 14.3 Å². The first kappa shape index (κ1) is 17.5. The minimum atomic E-state index is -0.292. The summed E-state index contributed by atoms with van der Waals surface area (Å²) in [5.41, 5.74) is -0.265. The first-order valence-electron chi connectivity index (χ1n) is 9.01. The smallest absolute Gasteiger partial charge is 0.307 e. The van der Waals surface area contributed by atoms with Crippen molar-refractivity contribution in [3.8, 4) is 0 Å². The molecule has 0 saturated heterocycles. The molecule has 0 aromatic carbocycles. The van der Waals surface area contributed by atoms with E-state index in [9.17, 15) is 9.59 Å². The van der Waals surface area contributed by atoms with Gasteiger partial charge >= 0.3 is 5.97 Å². The van der Waals surface area contributed by atoms with E-state index in [4.69, 9.17) is 4.74 Å². The fourth-order valence-corrected chi connectivity index (χ4v) is 7.92. The molecular weight excluding hydrogens is 402 g/mol. The molecule has 1 aromatic rings. The third kappa shape index (κ3) is 3.27. The van der Waals surface area contributed by atoms with Crippen molar-refractivity contribution < 1.29 is 14.3 Å². The van der Waals surface area contributed by atoms with Crippen molar-refractivity contribution in [1.82, 2.24) is 5.32 Å². The molecule has 4 nitrogen and oxygen atoms in total. The van der Waals surface area contributed by atoms with Crippen LogP contribution < -0.4 is 5.32 Å². The molecular formula is C19H24BrNO3S. The average molecular weight is 426 g/mol. The van der Waals surface area contributed by atoms with Gasteiger partial charge in [-0.25, -0.2) is 0 Å². The van der Waals surface area contributed by atoms with E-state index in [0.717, 1.165) is 24.1 Å². The molecule has 4 fully saturated rings. The third-order valence-corrected chi connectivity index (χ3v) is 8.18. The molecule has 4 aliphatic carbocycles. The fraction of sp³-hybridized carbons (Fsp3) is 0.684. The summed E-state index contributed by atoms with van der Waals surface area (Å²) in [4.78, 5) is 26.2. The highest BCUT2D eigenvalue weighted by Crippen LogP contribution is 2.64. The van der Waals surface area contributed by atoms with Crippen molar-refractivity contribution in [3.63, 3.8) is 0 Å². The molecule has 1 amide bonds. The van der Waals surface area contributed by atoms with Crippen LogP contribution in [0.2, 0.25) is 0 Å². The monoisotopic (exact) mass is 425 g/mol. The van der Waals surface area contributed by atoms with Gasteiger partial charge in [-0.15, -0.1) is 11.3 Å². The molecule has 1 N–H and O–H groups in total. The number of carbonyl (C=O) groups is 2. The third-order valence-electron chi connectivity index (χ3n) is 6.26. The molecule has 0 spiro atoms. The van der Waals surface area contributed by atoms with Crippen molar-refractivity contribution in [2.24, 2.45) is 17.3 Å². The van der Waals surface area contributed by atoms with Crippen LogP contribution in [0.25, 0.3) is 0 Å². The average Bonchev–Trinajstić information content (AvgIpc) is 3.06. The Morgan fingerprint density at radius 1 is 1.36 bits per heavy atom. The number of halogens is 1. The maximum Gasteiger partial charge on any atom is 0.307 e. The summed E-state index contributed by atoms with van der Waals surface area (Å²) >= 11 is 5.54. The molecule has 4 aliphatic rings. The molecule has 0 aliphatic heterocycles. The first-order valence-corrected chi connectivity index (χ1v) is 10.7. The zero-order chi connectivity index (χ0) is 17.7. The predicted molar refractivity (Wildman–Crippen MR) is 101 cm³/mol. The molecule has 4 saturated carbocycles. The number of hydrogen-bond donors (Lipinski definition) is 1. The quantitative estimate of drug-likeness (QED) is 0.567. The van der Waals surface area contributed by atoms with Gasteiger partial charge in [0.1, 0.15) is 0 Å². The number of hydrogen-bond acceptors (Lipinski definition) is 4. The van der Waals surface area contributed by atoms with Gasteiger partial charge in [0.15, 0.2) is 0 Å². The van der Waals surface area contributed by atoms with Gasteiger partial charge in [-0.2, -0.15) is 0 Å². The number of methoxy groups -OCH3 is 1. The Morgan fingerprint density at radius 2 is 2.08 bits per heavy atom. The minimum Gasteiger partial charge on any atom is -0.469 e. The zero-order valence-corrected chi connectivity index (χ0v) is 16.8. The van der Waals surface area contributed by atoms with Crippen LogP contribution in [0.1, 0.15) is 55.9 Å².